The van der Waals surface area contributed by atoms with Crippen molar-refractivity contribution in [1.29, 1.82) is 0 Å². The molecule has 1 aliphatic carbocycles. The first-order valence-corrected chi connectivity index (χ1v) is 9.54. The monoisotopic (exact) mass is 362 g/mol. The second-order valence-corrected chi connectivity index (χ2v) is 7.44. The van der Waals surface area contributed by atoms with Gasteiger partial charge in [-0.15, -0.1) is 0 Å². The van der Waals surface area contributed by atoms with Crippen LogP contribution in [0.3, 0.4) is 0 Å². The summed E-state index contributed by atoms with van der Waals surface area (Å²) >= 11 is 7.02. The molecule has 0 amide bonds. The smallest absolute Gasteiger partial charge is 0.0569 e. The van der Waals surface area contributed by atoms with E-state index in [9.17, 15) is 0 Å². The highest BCUT2D eigenvalue weighted by molar-refractivity contribution is 6.42. The largest absolute Gasteiger partial charge is 0.0830 e. The van der Waals surface area contributed by atoms with E-state index in [1.54, 1.807) is 0 Å². The summed E-state index contributed by atoms with van der Waals surface area (Å²) in [6.07, 6.45) is 0. The summed E-state index contributed by atoms with van der Waals surface area (Å²) in [5.74, 6) is 0. The van der Waals surface area contributed by atoms with Gasteiger partial charge in [-0.3, -0.25) is 0 Å². The number of halogens is 1. The van der Waals surface area contributed by atoms with Crippen LogP contribution in [0.5, 0.6) is 0 Å². The summed E-state index contributed by atoms with van der Waals surface area (Å²) in [6.45, 7) is 0. The van der Waals surface area contributed by atoms with E-state index in [1.807, 2.05) is 0 Å². The van der Waals surface area contributed by atoms with Crippen LogP contribution in [0.15, 0.2) is 91.0 Å². The van der Waals surface area contributed by atoms with Gasteiger partial charge in [-0.2, -0.15) is 0 Å². The average molecular weight is 363 g/mol. The first-order chi connectivity index (χ1) is 13.3. The van der Waals surface area contributed by atoms with Crippen LogP contribution in [-0.2, 0) is 0 Å². The molecule has 5 aromatic rings. The fourth-order valence-corrected chi connectivity index (χ4v) is 4.94. The van der Waals surface area contributed by atoms with Crippen molar-refractivity contribution in [1.82, 2.24) is 0 Å². The molecule has 27 heavy (non-hydrogen) atoms. The summed E-state index contributed by atoms with van der Waals surface area (Å²) in [7, 11) is 0. The zero-order valence-electron chi connectivity index (χ0n) is 14.5. The Kier molecular flexibility index (Phi) is 3.03. The fourth-order valence-electron chi connectivity index (χ4n) is 4.58. The Hall–Kier alpha value is -3.09. The van der Waals surface area contributed by atoms with E-state index in [2.05, 4.69) is 91.0 Å². The topological polar surface area (TPSA) is 0 Å². The van der Waals surface area contributed by atoms with Gasteiger partial charge < -0.3 is 0 Å². The molecule has 0 saturated heterocycles. The van der Waals surface area contributed by atoms with Crippen molar-refractivity contribution in [3.63, 3.8) is 0 Å². The maximum absolute atomic E-state index is 7.02. The lowest BCUT2D eigenvalue weighted by Crippen LogP contribution is -1.90. The highest BCUT2D eigenvalue weighted by atomic mass is 35.5. The Morgan fingerprint density at radius 3 is 1.85 bits per heavy atom. The molecular formula is C26H15Cl. The lowest BCUT2D eigenvalue weighted by molar-refractivity contribution is 1.65. The maximum Gasteiger partial charge on any atom is 0.0569 e. The van der Waals surface area contributed by atoms with E-state index < -0.39 is 0 Å². The van der Waals surface area contributed by atoms with Gasteiger partial charge in [0.2, 0.25) is 0 Å². The third kappa shape index (κ3) is 1.94. The van der Waals surface area contributed by atoms with Crippen LogP contribution in [0.4, 0.5) is 0 Å². The molecule has 1 heteroatoms. The quantitative estimate of drug-likeness (QED) is 0.278. The van der Waals surface area contributed by atoms with Crippen LogP contribution in [0.25, 0.3) is 54.9 Å². The van der Waals surface area contributed by atoms with E-state index in [4.69, 9.17) is 11.6 Å². The number of hydrogen-bond donors (Lipinski definition) is 0. The van der Waals surface area contributed by atoms with Crippen LogP contribution in [-0.4, -0.2) is 0 Å². The molecule has 0 fully saturated rings. The molecule has 0 spiro atoms. The molecule has 0 heterocycles. The first-order valence-electron chi connectivity index (χ1n) is 9.17. The zero-order chi connectivity index (χ0) is 18.0. The normalized spacial score (nSPS) is 11.9. The highest BCUT2D eigenvalue weighted by Gasteiger charge is 2.28. The minimum atomic E-state index is 0.851. The fraction of sp³-hybridized carbons (Fsp3) is 0. The molecule has 6 rings (SSSR count). The Morgan fingerprint density at radius 2 is 1.11 bits per heavy atom. The summed E-state index contributed by atoms with van der Waals surface area (Å²) in [5.41, 5.74) is 7.45. The second kappa shape index (κ2) is 5.45. The summed E-state index contributed by atoms with van der Waals surface area (Å²) in [4.78, 5) is 0. The third-order valence-electron chi connectivity index (χ3n) is 5.66. The van der Waals surface area contributed by atoms with Crippen LogP contribution in [0, 0.1) is 0 Å². The summed E-state index contributed by atoms with van der Waals surface area (Å²) in [6, 6.07) is 32.2. The van der Waals surface area contributed by atoms with E-state index in [1.165, 1.54) is 49.5 Å². The molecule has 0 saturated carbocycles. The number of benzene rings is 5. The van der Waals surface area contributed by atoms with Gasteiger partial charge in [-0.05, 0) is 38.4 Å². The second-order valence-electron chi connectivity index (χ2n) is 7.06. The molecule has 0 N–H and O–H groups in total. The van der Waals surface area contributed by atoms with E-state index in [0.717, 1.165) is 10.4 Å². The highest BCUT2D eigenvalue weighted by Crippen LogP contribution is 2.56. The predicted molar refractivity (Wildman–Crippen MR) is 116 cm³/mol. The van der Waals surface area contributed by atoms with Crippen LogP contribution in [0.2, 0.25) is 5.02 Å². The SMILES string of the molecule is Clc1c2c(c(-c3ccccc3)c3ccccc13)-c1cccc3cccc-2c13. The molecule has 0 unspecified atom stereocenters. The van der Waals surface area contributed by atoms with Crippen molar-refractivity contribution in [3.8, 4) is 33.4 Å². The van der Waals surface area contributed by atoms with Gasteiger partial charge in [0.1, 0.15) is 0 Å². The Bertz CT molecular complexity index is 1360. The van der Waals surface area contributed by atoms with Crippen LogP contribution < -0.4 is 0 Å². The Labute approximate surface area is 162 Å². The van der Waals surface area contributed by atoms with Gasteiger partial charge in [0.25, 0.3) is 0 Å². The lowest BCUT2D eigenvalue weighted by Gasteiger charge is -2.17. The molecule has 0 aliphatic heterocycles. The minimum absolute atomic E-state index is 0.851. The summed E-state index contributed by atoms with van der Waals surface area (Å²) < 4.78 is 0. The molecule has 1 aliphatic rings. The Balaban J connectivity index is 1.91. The molecule has 0 atom stereocenters. The van der Waals surface area contributed by atoms with E-state index >= 15 is 0 Å². The van der Waals surface area contributed by atoms with Gasteiger partial charge in [-0.1, -0.05) is 103 Å². The molecule has 126 valence electrons. The molecule has 5 aromatic carbocycles. The van der Waals surface area contributed by atoms with Crippen molar-refractivity contribution in [2.45, 2.75) is 0 Å². The zero-order valence-corrected chi connectivity index (χ0v) is 15.3. The molecule has 0 radical (unpaired) electrons. The van der Waals surface area contributed by atoms with Crippen LogP contribution in [0.1, 0.15) is 0 Å². The average Bonchev–Trinajstić information content (AvgIpc) is 3.06. The third-order valence-corrected chi connectivity index (χ3v) is 6.05. The Morgan fingerprint density at radius 1 is 0.481 bits per heavy atom. The number of rotatable bonds is 1. The lowest BCUT2D eigenvalue weighted by atomic mass is 9.88. The van der Waals surface area contributed by atoms with E-state index in [-0.39, 0.29) is 0 Å². The standard InChI is InChI=1S/C26H15Cl/c27-26-19-13-5-4-12-18(19)23(17-8-2-1-3-9-17)24-20-14-6-10-16-11-7-15-21(22(16)20)25(24)26/h1-15H. The van der Waals surface area contributed by atoms with Gasteiger partial charge in [0.05, 0.1) is 5.02 Å². The predicted octanol–water partition coefficient (Wildman–Crippen LogP) is 7.96. The van der Waals surface area contributed by atoms with Crippen molar-refractivity contribution in [2.24, 2.45) is 0 Å². The van der Waals surface area contributed by atoms with Gasteiger partial charge in [0.15, 0.2) is 0 Å². The van der Waals surface area contributed by atoms with Gasteiger partial charge >= 0.3 is 0 Å². The first kappa shape index (κ1) is 15.0. The molecular weight excluding hydrogens is 348 g/mol. The van der Waals surface area contributed by atoms with Crippen molar-refractivity contribution in [2.75, 3.05) is 0 Å². The van der Waals surface area contributed by atoms with E-state index in [0.29, 0.717) is 0 Å². The molecule has 0 nitrogen and oxygen atoms in total. The van der Waals surface area contributed by atoms with Crippen molar-refractivity contribution < 1.29 is 0 Å². The number of fused-ring (bicyclic) bond motifs is 4. The van der Waals surface area contributed by atoms with Crippen LogP contribution >= 0.6 is 11.6 Å². The number of hydrogen-bond acceptors (Lipinski definition) is 0. The summed E-state index contributed by atoms with van der Waals surface area (Å²) in [5, 5.41) is 5.74. The van der Waals surface area contributed by atoms with Crippen molar-refractivity contribution in [3.05, 3.63) is 96.0 Å². The minimum Gasteiger partial charge on any atom is -0.0830 e. The van der Waals surface area contributed by atoms with Crippen molar-refractivity contribution >= 4 is 33.1 Å². The molecule has 0 aromatic heterocycles. The van der Waals surface area contributed by atoms with Gasteiger partial charge in [0, 0.05) is 16.5 Å². The maximum atomic E-state index is 7.02. The van der Waals surface area contributed by atoms with Gasteiger partial charge in [-0.25, -0.2) is 0 Å². The molecule has 0 bridgehead atoms.